The van der Waals surface area contributed by atoms with E-state index in [-0.39, 0.29) is 42.3 Å². The van der Waals surface area contributed by atoms with Gasteiger partial charge in [-0.2, -0.15) is 13.2 Å². The van der Waals surface area contributed by atoms with Gasteiger partial charge in [-0.1, -0.05) is 11.6 Å². The fourth-order valence-corrected chi connectivity index (χ4v) is 6.78. The van der Waals surface area contributed by atoms with Crippen molar-refractivity contribution in [2.24, 2.45) is 5.92 Å². The number of amides is 1. The highest BCUT2D eigenvalue weighted by molar-refractivity contribution is 7.98. The van der Waals surface area contributed by atoms with Crippen LogP contribution in [0.2, 0.25) is 5.02 Å². The van der Waals surface area contributed by atoms with Gasteiger partial charge < -0.3 is 24.5 Å². The molecule has 1 unspecified atom stereocenters. The Labute approximate surface area is 245 Å². The summed E-state index contributed by atoms with van der Waals surface area (Å²) in [5, 5.41) is 5.83. The van der Waals surface area contributed by atoms with E-state index >= 15 is 0 Å². The van der Waals surface area contributed by atoms with Crippen LogP contribution in [0, 0.1) is 19.8 Å². The number of alkyl halides is 3. The van der Waals surface area contributed by atoms with E-state index in [4.69, 9.17) is 25.8 Å². The molecule has 0 radical (unpaired) electrons. The minimum Gasteiger partial charge on any atom is -0.448 e. The predicted octanol–water partition coefficient (Wildman–Crippen LogP) is 5.26. The molecule has 0 spiro atoms. The molecule has 1 saturated carbocycles. The van der Waals surface area contributed by atoms with Crippen LogP contribution in [0.3, 0.4) is 0 Å². The molecule has 3 N–H and O–H groups in total. The van der Waals surface area contributed by atoms with E-state index in [9.17, 15) is 22.8 Å². The lowest BCUT2D eigenvalue weighted by molar-refractivity contribution is -0.271. The minimum atomic E-state index is -4.38. The number of thioether (sulfide) groups is 1. The van der Waals surface area contributed by atoms with E-state index < -0.39 is 23.4 Å². The molecule has 41 heavy (non-hydrogen) atoms. The molecule has 1 aromatic heterocycles. The average Bonchev–Trinajstić information content (AvgIpc) is 3.26. The fraction of sp³-hybridized carbons (Fsp3) is 0.571. The van der Waals surface area contributed by atoms with E-state index in [0.29, 0.717) is 53.9 Å². The normalized spacial score (nSPS) is 25.1. The number of aromatic nitrogens is 1. The lowest BCUT2D eigenvalue weighted by Crippen LogP contribution is -2.71. The molecule has 13 heteroatoms. The first-order chi connectivity index (χ1) is 19.3. The summed E-state index contributed by atoms with van der Waals surface area (Å²) in [7, 11) is 0. The van der Waals surface area contributed by atoms with Crippen molar-refractivity contribution in [2.45, 2.75) is 81.4 Å². The third-order valence-electron chi connectivity index (χ3n) is 8.36. The molecule has 0 bridgehead atoms. The number of aryl methyl sites for hydroxylation is 1. The van der Waals surface area contributed by atoms with Gasteiger partial charge in [0.15, 0.2) is 17.0 Å². The number of hydrogen-bond acceptors (Lipinski definition) is 7. The maximum absolute atomic E-state index is 13.6. The van der Waals surface area contributed by atoms with Gasteiger partial charge >= 0.3 is 6.18 Å². The number of H-pyrrole nitrogens is 1. The summed E-state index contributed by atoms with van der Waals surface area (Å²) in [6, 6.07) is 3.08. The number of fused-ring (bicyclic) bond motifs is 1. The number of rotatable bonds is 7. The SMILES string of the molecule is CSc1cc(C)[nH]c(=O)c1CNC(=O)c1cc(Cl)c2c(c1C)OC(C)(C1CCC(NC3(C(F)(F)F)COC3)CC1)O2. The van der Waals surface area contributed by atoms with Crippen LogP contribution in [-0.4, -0.2) is 53.9 Å². The molecular formula is C28H33ClF3N3O5S. The van der Waals surface area contributed by atoms with Gasteiger partial charge in [0.1, 0.15) is 0 Å². The zero-order valence-corrected chi connectivity index (χ0v) is 24.8. The summed E-state index contributed by atoms with van der Waals surface area (Å²) in [6.07, 6.45) is -0.286. The highest BCUT2D eigenvalue weighted by Crippen LogP contribution is 2.52. The molecule has 1 amide bonds. The monoisotopic (exact) mass is 615 g/mol. The van der Waals surface area contributed by atoms with Crippen molar-refractivity contribution in [1.82, 2.24) is 15.6 Å². The molecule has 2 fully saturated rings. The first kappa shape index (κ1) is 30.1. The molecule has 2 aliphatic heterocycles. The van der Waals surface area contributed by atoms with Crippen molar-refractivity contribution < 1.29 is 32.2 Å². The highest BCUT2D eigenvalue weighted by atomic mass is 35.5. The third-order valence-corrected chi connectivity index (χ3v) is 9.44. The lowest BCUT2D eigenvalue weighted by atomic mass is 9.80. The Morgan fingerprint density at radius 1 is 1.15 bits per heavy atom. The van der Waals surface area contributed by atoms with Crippen LogP contribution in [0.1, 0.15) is 59.8 Å². The van der Waals surface area contributed by atoms with Crippen LogP contribution < -0.4 is 25.7 Å². The van der Waals surface area contributed by atoms with E-state index in [1.807, 2.05) is 12.3 Å². The summed E-state index contributed by atoms with van der Waals surface area (Å²) >= 11 is 7.98. The number of halogens is 4. The summed E-state index contributed by atoms with van der Waals surface area (Å²) in [4.78, 5) is 29.2. The van der Waals surface area contributed by atoms with Gasteiger partial charge in [0.05, 0.1) is 18.2 Å². The molecule has 8 nitrogen and oxygen atoms in total. The van der Waals surface area contributed by atoms with Crippen LogP contribution in [-0.2, 0) is 11.3 Å². The highest BCUT2D eigenvalue weighted by Gasteiger charge is 2.61. The summed E-state index contributed by atoms with van der Waals surface area (Å²) in [5.41, 5.74) is -0.199. The maximum atomic E-state index is 13.6. The van der Waals surface area contributed by atoms with Gasteiger partial charge in [-0.15, -0.1) is 11.8 Å². The van der Waals surface area contributed by atoms with Gasteiger partial charge in [-0.05, 0) is 57.9 Å². The average molecular weight is 616 g/mol. The topological polar surface area (TPSA) is 102 Å². The van der Waals surface area contributed by atoms with Crippen molar-refractivity contribution >= 4 is 29.3 Å². The van der Waals surface area contributed by atoms with Gasteiger partial charge in [0.2, 0.25) is 0 Å². The van der Waals surface area contributed by atoms with Crippen LogP contribution in [0.5, 0.6) is 11.5 Å². The summed E-state index contributed by atoms with van der Waals surface area (Å²) in [6.45, 7) is 4.63. The first-order valence-electron chi connectivity index (χ1n) is 13.4. The first-order valence-corrected chi connectivity index (χ1v) is 15.1. The molecule has 3 aliphatic rings. The number of aromatic amines is 1. The van der Waals surface area contributed by atoms with Crippen molar-refractivity contribution in [1.29, 1.82) is 0 Å². The molecule has 2 aromatic rings. The van der Waals surface area contributed by atoms with Gasteiger partial charge in [-0.25, -0.2) is 0 Å². The third kappa shape index (κ3) is 5.55. The lowest BCUT2D eigenvalue weighted by Gasteiger charge is -2.47. The molecule has 3 heterocycles. The van der Waals surface area contributed by atoms with E-state index in [1.165, 1.54) is 17.8 Å². The number of pyridine rings is 1. The number of carbonyl (C=O) groups excluding carboxylic acids is 1. The Morgan fingerprint density at radius 3 is 2.39 bits per heavy atom. The molecule has 1 aromatic carbocycles. The maximum Gasteiger partial charge on any atom is 0.411 e. The number of hydrogen-bond donors (Lipinski definition) is 3. The Bertz CT molecular complexity index is 1410. The Morgan fingerprint density at radius 2 is 1.80 bits per heavy atom. The molecule has 1 saturated heterocycles. The van der Waals surface area contributed by atoms with Crippen LogP contribution in [0.15, 0.2) is 21.8 Å². The van der Waals surface area contributed by atoms with Crippen LogP contribution in [0.25, 0.3) is 0 Å². The fourth-order valence-electron chi connectivity index (χ4n) is 5.84. The second-order valence-electron chi connectivity index (χ2n) is 11.2. The van der Waals surface area contributed by atoms with Gasteiger partial charge in [0.25, 0.3) is 17.3 Å². The molecule has 224 valence electrons. The molecule has 1 atom stereocenters. The van der Waals surface area contributed by atoms with Crippen molar-refractivity contribution in [2.75, 3.05) is 19.5 Å². The molecule has 5 rings (SSSR count). The second kappa shape index (κ2) is 11.0. The van der Waals surface area contributed by atoms with E-state index in [2.05, 4.69) is 15.6 Å². The number of nitrogens with one attached hydrogen (secondary N) is 3. The number of carbonyl (C=O) groups is 1. The number of ether oxygens (including phenoxy) is 3. The standard InChI is InChI=1S/C28H33ClF3N3O5S/c1-14-9-21(41-4)19(25(37)34-14)11-33-24(36)18-10-20(29)23-22(15(18)2)39-26(3,40-23)16-5-7-17(8-6-16)35-27(12-38-13-27)28(30,31)32/h9-10,16-17,35H,5-8,11-13H2,1-4H3,(H,33,36)(H,34,37). The van der Waals surface area contributed by atoms with Crippen LogP contribution in [0.4, 0.5) is 13.2 Å². The summed E-state index contributed by atoms with van der Waals surface area (Å²) < 4.78 is 58.2. The Hall–Kier alpha value is -2.41. The van der Waals surface area contributed by atoms with E-state index in [0.717, 1.165) is 10.6 Å². The van der Waals surface area contributed by atoms with Gasteiger partial charge in [0, 0.05) is 52.7 Å². The minimum absolute atomic E-state index is 0.0346. The Kier molecular flexibility index (Phi) is 8.08. The quantitative estimate of drug-likeness (QED) is 0.365. The molecule has 1 aliphatic carbocycles. The zero-order chi connectivity index (χ0) is 29.7. The van der Waals surface area contributed by atoms with Crippen molar-refractivity contribution in [3.63, 3.8) is 0 Å². The van der Waals surface area contributed by atoms with Gasteiger partial charge in [-0.3, -0.25) is 14.9 Å². The number of benzene rings is 1. The summed E-state index contributed by atoms with van der Waals surface area (Å²) in [5.74, 6) is -0.891. The second-order valence-corrected chi connectivity index (χ2v) is 12.4. The van der Waals surface area contributed by atoms with Crippen molar-refractivity contribution in [3.8, 4) is 11.5 Å². The smallest absolute Gasteiger partial charge is 0.411 e. The zero-order valence-electron chi connectivity index (χ0n) is 23.2. The predicted molar refractivity (Wildman–Crippen MR) is 149 cm³/mol. The molecular weight excluding hydrogens is 583 g/mol. The van der Waals surface area contributed by atoms with E-state index in [1.54, 1.807) is 20.8 Å². The Balaban J connectivity index is 1.26. The largest absolute Gasteiger partial charge is 0.448 e. The van der Waals surface area contributed by atoms with Crippen LogP contribution >= 0.6 is 23.4 Å². The van der Waals surface area contributed by atoms with Crippen molar-refractivity contribution in [3.05, 3.63) is 49.9 Å².